The van der Waals surface area contributed by atoms with Gasteiger partial charge in [-0.15, -0.1) is 0 Å². The maximum Gasteiger partial charge on any atom is 0.409 e. The Balaban J connectivity index is 1.57. The van der Waals surface area contributed by atoms with Crippen LogP contribution in [0, 0.1) is 6.92 Å². The Morgan fingerprint density at radius 1 is 1.03 bits per heavy atom. The monoisotopic (exact) mass is 418 g/mol. The van der Waals surface area contributed by atoms with E-state index >= 15 is 0 Å². The van der Waals surface area contributed by atoms with Crippen LogP contribution in [0.1, 0.15) is 27.2 Å². The number of para-hydroxylation sites is 1. The summed E-state index contributed by atoms with van der Waals surface area (Å²) in [6, 6.07) is 16.0. The smallest absolute Gasteiger partial charge is 0.409 e. The van der Waals surface area contributed by atoms with Gasteiger partial charge in [0, 0.05) is 12.1 Å². The summed E-state index contributed by atoms with van der Waals surface area (Å²) < 4.78 is 0. The molecule has 0 atom stereocenters. The minimum Gasteiger partial charge on any atom is -0.505 e. The molecule has 0 aliphatic heterocycles. The second-order valence-corrected chi connectivity index (χ2v) is 7.50. The Kier molecular flexibility index (Phi) is 5.44. The fraction of sp³-hybridized carbons (Fsp3) is 0.174. The summed E-state index contributed by atoms with van der Waals surface area (Å²) in [7, 11) is 0. The lowest BCUT2D eigenvalue weighted by Gasteiger charge is -2.15. The molecule has 1 heterocycles. The van der Waals surface area contributed by atoms with Crippen molar-refractivity contribution < 1.29 is 19.8 Å². The fourth-order valence-corrected chi connectivity index (χ4v) is 3.72. The molecule has 0 unspecified atom stereocenters. The number of hydrogen-bond acceptors (Lipinski definition) is 5. The number of nitrogens with one attached hydrogen (secondary N) is 3. The molecule has 0 spiro atoms. The van der Waals surface area contributed by atoms with Crippen molar-refractivity contribution in [3.8, 4) is 5.75 Å². The Bertz CT molecular complexity index is 1140. The molecule has 2 amide bonds. The number of rotatable bonds is 5. The van der Waals surface area contributed by atoms with Crippen LogP contribution in [0.15, 0.2) is 54.6 Å². The lowest BCUT2D eigenvalue weighted by atomic mass is 10.1. The maximum atomic E-state index is 12.9. The van der Waals surface area contributed by atoms with Crippen LogP contribution in [-0.2, 0) is 12.8 Å². The highest BCUT2D eigenvalue weighted by Crippen LogP contribution is 2.30. The highest BCUT2D eigenvalue weighted by molar-refractivity contribution is 5.95. The van der Waals surface area contributed by atoms with Crippen LogP contribution in [0.5, 0.6) is 5.75 Å². The summed E-state index contributed by atoms with van der Waals surface area (Å²) in [4.78, 5) is 28.4. The van der Waals surface area contributed by atoms with Crippen LogP contribution in [-0.4, -0.2) is 33.2 Å². The number of carboxylic acid groups (broad SMARTS) is 1. The molecule has 5 N–H and O–H groups in total. The van der Waals surface area contributed by atoms with Crippen molar-refractivity contribution >= 4 is 29.2 Å². The van der Waals surface area contributed by atoms with Crippen LogP contribution < -0.4 is 16.0 Å². The number of carbonyl (C=O) groups is 2. The highest BCUT2D eigenvalue weighted by Gasteiger charge is 2.24. The second kappa shape index (κ2) is 8.35. The molecule has 31 heavy (non-hydrogen) atoms. The Hall–Kier alpha value is -4.07. The van der Waals surface area contributed by atoms with Gasteiger partial charge in [-0.25, -0.2) is 9.78 Å². The molecule has 3 aromatic rings. The number of aryl methyl sites for hydroxylation is 1. The summed E-state index contributed by atoms with van der Waals surface area (Å²) >= 11 is 0. The molecule has 8 heteroatoms. The topological polar surface area (TPSA) is 124 Å². The van der Waals surface area contributed by atoms with Gasteiger partial charge >= 0.3 is 6.09 Å². The second-order valence-electron chi connectivity index (χ2n) is 7.50. The fourth-order valence-electron chi connectivity index (χ4n) is 3.72. The average molecular weight is 418 g/mol. The molecule has 8 nitrogen and oxygen atoms in total. The van der Waals surface area contributed by atoms with Gasteiger partial charge in [-0.05, 0) is 48.6 Å². The van der Waals surface area contributed by atoms with E-state index in [9.17, 15) is 14.7 Å². The molecule has 0 saturated carbocycles. The molecule has 4 rings (SSSR count). The van der Waals surface area contributed by atoms with Crippen molar-refractivity contribution in [2.75, 3.05) is 10.6 Å². The van der Waals surface area contributed by atoms with E-state index in [1.54, 1.807) is 25.1 Å². The standard InChI is InChI=1S/C23H22N4O4/c1-13-5-4-8-18(21(13)28)26-20-12-17(25-23(30)31)11-19(27-20)22(29)24-16-9-14-6-2-3-7-15(14)10-16/h2-8,11-12,16,28H,9-10H2,1H3,(H,24,29)(H,30,31)(H2,25,26,27). The third-order valence-corrected chi connectivity index (χ3v) is 5.20. The number of anilines is 3. The molecule has 0 bridgehead atoms. The molecular weight excluding hydrogens is 396 g/mol. The number of aromatic hydroxyl groups is 1. The minimum absolute atomic E-state index is 0.0515. The van der Waals surface area contributed by atoms with Crippen molar-refractivity contribution in [2.24, 2.45) is 0 Å². The van der Waals surface area contributed by atoms with Gasteiger partial charge in [-0.3, -0.25) is 10.1 Å². The van der Waals surface area contributed by atoms with E-state index in [-0.39, 0.29) is 29.0 Å². The third-order valence-electron chi connectivity index (χ3n) is 5.20. The van der Waals surface area contributed by atoms with Gasteiger partial charge in [-0.1, -0.05) is 36.4 Å². The average Bonchev–Trinajstić information content (AvgIpc) is 3.13. The van der Waals surface area contributed by atoms with E-state index in [0.29, 0.717) is 11.3 Å². The number of carbonyl (C=O) groups excluding carboxylic acids is 1. The van der Waals surface area contributed by atoms with Gasteiger partial charge in [0.15, 0.2) is 0 Å². The summed E-state index contributed by atoms with van der Waals surface area (Å²) in [5.41, 5.74) is 3.74. The molecule has 2 aromatic carbocycles. The zero-order valence-corrected chi connectivity index (χ0v) is 16.8. The Morgan fingerprint density at radius 3 is 2.42 bits per heavy atom. The van der Waals surface area contributed by atoms with Gasteiger partial charge in [0.25, 0.3) is 5.91 Å². The largest absolute Gasteiger partial charge is 0.505 e. The molecule has 1 aromatic heterocycles. The van der Waals surface area contributed by atoms with Crippen LogP contribution >= 0.6 is 0 Å². The Labute approximate surface area is 179 Å². The number of phenolic OH excluding ortho intramolecular Hbond substituents is 1. The van der Waals surface area contributed by atoms with Crippen molar-refractivity contribution in [1.82, 2.24) is 10.3 Å². The molecule has 1 aliphatic rings. The van der Waals surface area contributed by atoms with Gasteiger partial charge in [0.2, 0.25) is 0 Å². The summed E-state index contributed by atoms with van der Waals surface area (Å²) in [6.45, 7) is 1.76. The van der Waals surface area contributed by atoms with Gasteiger partial charge < -0.3 is 20.8 Å². The highest BCUT2D eigenvalue weighted by atomic mass is 16.4. The number of phenols is 1. The number of pyridine rings is 1. The first-order valence-corrected chi connectivity index (χ1v) is 9.84. The summed E-state index contributed by atoms with van der Waals surface area (Å²) in [6.07, 6.45) is 0.210. The number of nitrogens with zero attached hydrogens (tertiary/aromatic N) is 1. The van der Waals surface area contributed by atoms with Crippen molar-refractivity contribution in [1.29, 1.82) is 0 Å². The van der Waals surface area contributed by atoms with Crippen LogP contribution in [0.2, 0.25) is 0 Å². The number of fused-ring (bicyclic) bond motifs is 1. The zero-order valence-electron chi connectivity index (χ0n) is 16.8. The van der Waals surface area contributed by atoms with Crippen LogP contribution in [0.25, 0.3) is 0 Å². The lowest BCUT2D eigenvalue weighted by molar-refractivity contribution is 0.0933. The zero-order chi connectivity index (χ0) is 22.0. The number of benzene rings is 2. The molecular formula is C23H22N4O4. The normalized spacial score (nSPS) is 12.8. The van der Waals surface area contributed by atoms with Crippen molar-refractivity contribution in [2.45, 2.75) is 25.8 Å². The van der Waals surface area contributed by atoms with E-state index in [0.717, 1.165) is 12.8 Å². The van der Waals surface area contributed by atoms with E-state index in [1.165, 1.54) is 23.3 Å². The molecule has 1 aliphatic carbocycles. The first-order valence-electron chi connectivity index (χ1n) is 9.84. The first-order chi connectivity index (χ1) is 14.9. The van der Waals surface area contributed by atoms with Crippen molar-refractivity contribution in [3.63, 3.8) is 0 Å². The Morgan fingerprint density at radius 2 is 1.74 bits per heavy atom. The van der Waals surface area contributed by atoms with E-state index in [2.05, 4.69) is 20.9 Å². The summed E-state index contributed by atoms with van der Waals surface area (Å²) in [5, 5.41) is 27.5. The van der Waals surface area contributed by atoms with Crippen LogP contribution in [0.4, 0.5) is 22.0 Å². The predicted molar refractivity (Wildman–Crippen MR) is 117 cm³/mol. The van der Waals surface area contributed by atoms with Gasteiger partial charge in [0.05, 0.1) is 11.4 Å². The van der Waals surface area contributed by atoms with E-state index in [4.69, 9.17) is 5.11 Å². The maximum absolute atomic E-state index is 12.9. The quantitative estimate of drug-likeness (QED) is 0.401. The molecule has 0 saturated heterocycles. The van der Waals surface area contributed by atoms with Crippen LogP contribution in [0.3, 0.4) is 0 Å². The summed E-state index contributed by atoms with van der Waals surface area (Å²) in [5.74, 6) is -0.119. The minimum atomic E-state index is -1.26. The third kappa shape index (κ3) is 4.58. The first kappa shape index (κ1) is 20.2. The number of hydrogen-bond donors (Lipinski definition) is 5. The molecule has 0 fully saturated rings. The predicted octanol–water partition coefficient (Wildman–Crippen LogP) is 3.83. The SMILES string of the molecule is Cc1cccc(Nc2cc(NC(=O)O)cc(C(=O)NC3Cc4ccccc4C3)n2)c1O. The number of aromatic nitrogens is 1. The van der Waals surface area contributed by atoms with Gasteiger partial charge in [-0.2, -0.15) is 0 Å². The molecule has 0 radical (unpaired) electrons. The van der Waals surface area contributed by atoms with Gasteiger partial charge in [0.1, 0.15) is 17.3 Å². The van der Waals surface area contributed by atoms with E-state index in [1.807, 2.05) is 24.3 Å². The lowest BCUT2D eigenvalue weighted by Crippen LogP contribution is -2.35. The van der Waals surface area contributed by atoms with E-state index < -0.39 is 12.0 Å². The number of amides is 2. The molecule has 158 valence electrons. The van der Waals surface area contributed by atoms with Crippen molar-refractivity contribution in [3.05, 3.63) is 77.0 Å².